The zero-order chi connectivity index (χ0) is 15.0. The Labute approximate surface area is 120 Å². The lowest BCUT2D eigenvalue weighted by molar-refractivity contribution is 0.0697. The second-order valence-electron chi connectivity index (χ2n) is 4.76. The van der Waals surface area contributed by atoms with Crippen LogP contribution in [0.1, 0.15) is 28.4 Å². The third-order valence-corrected chi connectivity index (χ3v) is 3.28. The number of pyridine rings is 1. The number of fused-ring (bicyclic) bond motifs is 1. The number of rotatable bonds is 2. The van der Waals surface area contributed by atoms with Crippen molar-refractivity contribution in [3.05, 3.63) is 65.2 Å². The van der Waals surface area contributed by atoms with Gasteiger partial charge in [0.05, 0.1) is 5.56 Å². The zero-order valence-corrected chi connectivity index (χ0v) is 11.2. The Hall–Kier alpha value is -2.69. The summed E-state index contributed by atoms with van der Waals surface area (Å²) in [6.07, 6.45) is 2.90. The first-order valence-corrected chi connectivity index (χ1v) is 6.43. The van der Waals surface area contributed by atoms with Gasteiger partial charge in [-0.15, -0.1) is 0 Å². The van der Waals surface area contributed by atoms with Gasteiger partial charge in [-0.05, 0) is 48.9 Å². The minimum absolute atomic E-state index is 0.127. The Bertz CT molecular complexity index is 755. The first-order chi connectivity index (χ1) is 10.1. The number of aromatic carboxylic acids is 1. The Morgan fingerprint density at radius 2 is 2.14 bits per heavy atom. The van der Waals surface area contributed by atoms with E-state index in [0.29, 0.717) is 22.4 Å². The Morgan fingerprint density at radius 1 is 1.33 bits per heavy atom. The SMILES string of the molecule is CC1C=C(c2cccnc2F)c2cc(C(=O)O)ccc2O1. The predicted octanol–water partition coefficient (Wildman–Crippen LogP) is 3.13. The molecule has 1 N–H and O–H groups in total. The average Bonchev–Trinajstić information content (AvgIpc) is 2.46. The summed E-state index contributed by atoms with van der Waals surface area (Å²) in [5.74, 6) is -1.10. The number of carboxylic acids is 1. The van der Waals surface area contributed by atoms with Gasteiger partial charge in [-0.1, -0.05) is 0 Å². The first-order valence-electron chi connectivity index (χ1n) is 6.43. The van der Waals surface area contributed by atoms with E-state index in [1.165, 1.54) is 18.3 Å². The van der Waals surface area contributed by atoms with Crippen molar-refractivity contribution in [2.75, 3.05) is 0 Å². The van der Waals surface area contributed by atoms with Gasteiger partial charge in [0.15, 0.2) is 0 Å². The normalized spacial score (nSPS) is 16.7. The van der Waals surface area contributed by atoms with Crippen LogP contribution in [0.5, 0.6) is 5.75 Å². The maximum Gasteiger partial charge on any atom is 0.335 e. The summed E-state index contributed by atoms with van der Waals surface area (Å²) in [5, 5.41) is 9.10. The minimum Gasteiger partial charge on any atom is -0.486 e. The number of ether oxygens (including phenoxy) is 1. The number of halogens is 1. The molecule has 21 heavy (non-hydrogen) atoms. The van der Waals surface area contributed by atoms with E-state index >= 15 is 0 Å². The lowest BCUT2D eigenvalue weighted by atomic mass is 9.93. The lowest BCUT2D eigenvalue weighted by Gasteiger charge is -2.23. The van der Waals surface area contributed by atoms with Crippen LogP contribution in [-0.4, -0.2) is 22.2 Å². The highest BCUT2D eigenvalue weighted by atomic mass is 19.1. The summed E-state index contributed by atoms with van der Waals surface area (Å²) in [6.45, 7) is 1.84. The van der Waals surface area contributed by atoms with E-state index in [1.54, 1.807) is 24.3 Å². The lowest BCUT2D eigenvalue weighted by Crippen LogP contribution is -2.16. The summed E-state index contributed by atoms with van der Waals surface area (Å²) in [7, 11) is 0. The van der Waals surface area contributed by atoms with Crippen LogP contribution in [0.15, 0.2) is 42.6 Å². The maximum absolute atomic E-state index is 13.9. The van der Waals surface area contributed by atoms with E-state index < -0.39 is 11.9 Å². The third kappa shape index (κ3) is 2.38. The summed E-state index contributed by atoms with van der Waals surface area (Å²) >= 11 is 0. The molecule has 2 aromatic rings. The van der Waals surface area contributed by atoms with Gasteiger partial charge >= 0.3 is 5.97 Å². The van der Waals surface area contributed by atoms with E-state index in [0.717, 1.165) is 0 Å². The van der Waals surface area contributed by atoms with Crippen molar-refractivity contribution in [2.45, 2.75) is 13.0 Å². The maximum atomic E-state index is 13.9. The summed E-state index contributed by atoms with van der Waals surface area (Å²) in [4.78, 5) is 14.8. The fourth-order valence-corrected chi connectivity index (χ4v) is 2.36. The Balaban J connectivity index is 2.20. The van der Waals surface area contributed by atoms with Crippen LogP contribution < -0.4 is 4.74 Å². The molecule has 106 valence electrons. The summed E-state index contributed by atoms with van der Waals surface area (Å²) in [5.41, 5.74) is 1.61. The van der Waals surface area contributed by atoms with Gasteiger partial charge in [0.2, 0.25) is 5.95 Å². The molecule has 0 saturated heterocycles. The molecular formula is C16H12FNO3. The van der Waals surface area contributed by atoms with Crippen molar-refractivity contribution in [3.63, 3.8) is 0 Å². The van der Waals surface area contributed by atoms with Crippen LogP contribution in [0, 0.1) is 5.95 Å². The number of nitrogens with zero attached hydrogens (tertiary/aromatic N) is 1. The minimum atomic E-state index is -1.04. The van der Waals surface area contributed by atoms with Crippen LogP contribution in [0.2, 0.25) is 0 Å². The Kier molecular flexibility index (Phi) is 3.17. The first kappa shape index (κ1) is 13.3. The smallest absolute Gasteiger partial charge is 0.335 e. The molecule has 0 radical (unpaired) electrons. The molecule has 0 bridgehead atoms. The quantitative estimate of drug-likeness (QED) is 0.861. The fraction of sp³-hybridized carbons (Fsp3) is 0.125. The van der Waals surface area contributed by atoms with Gasteiger partial charge in [0.25, 0.3) is 0 Å². The standard InChI is InChI=1S/C16H12FNO3/c1-9-7-12(11-3-2-6-18-15(11)17)13-8-10(16(19)20)4-5-14(13)21-9/h2-9H,1H3,(H,19,20). The number of aromatic nitrogens is 1. The molecule has 1 aromatic heterocycles. The van der Waals surface area contributed by atoms with E-state index in [-0.39, 0.29) is 11.7 Å². The molecule has 4 nitrogen and oxygen atoms in total. The predicted molar refractivity (Wildman–Crippen MR) is 74.8 cm³/mol. The van der Waals surface area contributed by atoms with Crippen LogP contribution in [0.25, 0.3) is 5.57 Å². The van der Waals surface area contributed by atoms with Gasteiger partial charge in [-0.2, -0.15) is 4.39 Å². The average molecular weight is 285 g/mol. The molecule has 0 aliphatic carbocycles. The van der Waals surface area contributed by atoms with Crippen molar-refractivity contribution in [1.29, 1.82) is 0 Å². The van der Waals surface area contributed by atoms with Gasteiger partial charge in [0, 0.05) is 17.3 Å². The van der Waals surface area contributed by atoms with E-state index in [2.05, 4.69) is 4.98 Å². The summed E-state index contributed by atoms with van der Waals surface area (Å²) < 4.78 is 19.6. The van der Waals surface area contributed by atoms with Crippen LogP contribution in [-0.2, 0) is 0 Å². The van der Waals surface area contributed by atoms with Crippen molar-refractivity contribution >= 4 is 11.5 Å². The molecule has 0 amide bonds. The number of carbonyl (C=O) groups is 1. The topological polar surface area (TPSA) is 59.4 Å². The Morgan fingerprint density at radius 3 is 2.86 bits per heavy atom. The number of carboxylic acid groups (broad SMARTS) is 1. The monoisotopic (exact) mass is 285 g/mol. The number of benzene rings is 1. The highest BCUT2D eigenvalue weighted by Crippen LogP contribution is 2.37. The van der Waals surface area contributed by atoms with E-state index in [4.69, 9.17) is 9.84 Å². The van der Waals surface area contributed by atoms with Crippen molar-refractivity contribution in [1.82, 2.24) is 4.98 Å². The summed E-state index contributed by atoms with van der Waals surface area (Å²) in [6, 6.07) is 7.80. The van der Waals surface area contributed by atoms with Crippen molar-refractivity contribution < 1.29 is 19.0 Å². The van der Waals surface area contributed by atoms with Gasteiger partial charge < -0.3 is 9.84 Å². The van der Waals surface area contributed by atoms with E-state index in [9.17, 15) is 9.18 Å². The van der Waals surface area contributed by atoms with Gasteiger partial charge in [-0.25, -0.2) is 9.78 Å². The van der Waals surface area contributed by atoms with Crippen molar-refractivity contribution in [3.8, 4) is 5.75 Å². The highest BCUT2D eigenvalue weighted by molar-refractivity contribution is 5.92. The number of hydrogen-bond acceptors (Lipinski definition) is 3. The highest BCUT2D eigenvalue weighted by Gasteiger charge is 2.22. The molecule has 1 aliphatic rings. The van der Waals surface area contributed by atoms with Crippen LogP contribution >= 0.6 is 0 Å². The molecule has 5 heteroatoms. The third-order valence-electron chi connectivity index (χ3n) is 3.28. The molecule has 0 fully saturated rings. The van der Waals surface area contributed by atoms with Crippen LogP contribution in [0.3, 0.4) is 0 Å². The molecule has 2 heterocycles. The van der Waals surface area contributed by atoms with E-state index in [1.807, 2.05) is 6.92 Å². The molecule has 3 rings (SSSR count). The molecule has 1 aromatic carbocycles. The molecule has 0 saturated carbocycles. The number of hydrogen-bond donors (Lipinski definition) is 1. The fourth-order valence-electron chi connectivity index (χ4n) is 2.36. The van der Waals surface area contributed by atoms with Gasteiger partial charge in [-0.3, -0.25) is 0 Å². The van der Waals surface area contributed by atoms with Crippen LogP contribution in [0.4, 0.5) is 4.39 Å². The molecule has 0 spiro atoms. The van der Waals surface area contributed by atoms with Gasteiger partial charge in [0.1, 0.15) is 11.9 Å². The largest absolute Gasteiger partial charge is 0.486 e. The zero-order valence-electron chi connectivity index (χ0n) is 11.2. The second kappa shape index (κ2) is 5.01. The van der Waals surface area contributed by atoms with Crippen molar-refractivity contribution in [2.24, 2.45) is 0 Å². The molecule has 1 aliphatic heterocycles. The molecule has 1 atom stereocenters. The molecular weight excluding hydrogens is 273 g/mol. The molecule has 1 unspecified atom stereocenters. The second-order valence-corrected chi connectivity index (χ2v) is 4.76.